The maximum atomic E-state index is 4.85. The van der Waals surface area contributed by atoms with Gasteiger partial charge in [0, 0.05) is 11.6 Å². The van der Waals surface area contributed by atoms with Crippen LogP contribution in [0, 0.1) is 18.8 Å². The van der Waals surface area contributed by atoms with Crippen molar-refractivity contribution in [3.8, 4) is 0 Å². The molecular weight excluding hydrogens is 378 g/mol. The molecule has 0 saturated heterocycles. The van der Waals surface area contributed by atoms with Gasteiger partial charge >= 0.3 is 0 Å². The number of aromatic nitrogens is 3. The van der Waals surface area contributed by atoms with Crippen LogP contribution in [-0.4, -0.2) is 9.38 Å². The van der Waals surface area contributed by atoms with Gasteiger partial charge in [-0.15, -0.1) is 0 Å². The molecule has 3 nitrogen and oxygen atoms in total. The molecule has 0 atom stereocenters. The minimum Gasteiger partial charge on any atom is -0.255 e. The lowest BCUT2D eigenvalue weighted by Gasteiger charge is -2.09. The molecule has 0 aliphatic rings. The molecule has 0 bridgehead atoms. The standard InChI is InChI=1S/C28H32N3/c1-17(2)13-20-7-9-22-24(15-20)31-25-16-21(14-18(3)4)8-10-23(25)30(6)28(31)26-19(5)11-12-29-27(22)26/h7-12,15-18H,13-14H2,1-6H3/q+1. The average Bonchev–Trinajstić information content (AvgIpc) is 2.99. The van der Waals surface area contributed by atoms with E-state index in [0.717, 1.165) is 18.4 Å². The van der Waals surface area contributed by atoms with E-state index in [1.807, 2.05) is 6.20 Å². The summed E-state index contributed by atoms with van der Waals surface area (Å²) in [6.07, 6.45) is 4.12. The molecule has 5 rings (SSSR count). The predicted octanol–water partition coefficient (Wildman–Crippen LogP) is 6.32. The molecule has 0 aliphatic heterocycles. The van der Waals surface area contributed by atoms with Crippen LogP contribution in [0.2, 0.25) is 0 Å². The van der Waals surface area contributed by atoms with Gasteiger partial charge in [0.2, 0.25) is 0 Å². The van der Waals surface area contributed by atoms with E-state index in [9.17, 15) is 0 Å². The van der Waals surface area contributed by atoms with Crippen molar-refractivity contribution >= 4 is 38.5 Å². The summed E-state index contributed by atoms with van der Waals surface area (Å²) in [5.74, 6) is 1.27. The Bertz CT molecular complexity index is 1450. The van der Waals surface area contributed by atoms with E-state index >= 15 is 0 Å². The molecule has 158 valence electrons. The number of imidazole rings is 1. The highest BCUT2D eigenvalue weighted by molar-refractivity contribution is 6.11. The number of fused-ring (bicyclic) bond motifs is 8. The van der Waals surface area contributed by atoms with Gasteiger partial charge in [0.15, 0.2) is 11.0 Å². The van der Waals surface area contributed by atoms with Crippen LogP contribution in [0.3, 0.4) is 0 Å². The zero-order chi connectivity index (χ0) is 21.9. The van der Waals surface area contributed by atoms with Crippen LogP contribution in [-0.2, 0) is 19.9 Å². The van der Waals surface area contributed by atoms with Crippen LogP contribution < -0.4 is 4.57 Å². The normalized spacial score (nSPS) is 12.4. The number of rotatable bonds is 4. The Morgan fingerprint density at radius 2 is 1.52 bits per heavy atom. The smallest absolute Gasteiger partial charge is 0.255 e. The molecule has 0 spiro atoms. The third-order valence-corrected chi connectivity index (χ3v) is 6.40. The lowest BCUT2D eigenvalue weighted by atomic mass is 9.99. The molecule has 0 N–H and O–H groups in total. The van der Waals surface area contributed by atoms with Crippen LogP contribution >= 0.6 is 0 Å². The number of hydrogen-bond acceptors (Lipinski definition) is 1. The summed E-state index contributed by atoms with van der Waals surface area (Å²) >= 11 is 0. The minimum absolute atomic E-state index is 0.629. The van der Waals surface area contributed by atoms with Crippen LogP contribution in [0.15, 0.2) is 48.7 Å². The van der Waals surface area contributed by atoms with E-state index in [1.54, 1.807) is 0 Å². The molecule has 3 heterocycles. The van der Waals surface area contributed by atoms with Gasteiger partial charge in [0.25, 0.3) is 5.65 Å². The largest absolute Gasteiger partial charge is 0.297 e. The third-order valence-electron chi connectivity index (χ3n) is 6.40. The van der Waals surface area contributed by atoms with Crippen molar-refractivity contribution in [3.63, 3.8) is 0 Å². The summed E-state index contributed by atoms with van der Waals surface area (Å²) in [6, 6.07) is 16.1. The minimum atomic E-state index is 0.629. The topological polar surface area (TPSA) is 21.2 Å². The molecule has 0 amide bonds. The van der Waals surface area contributed by atoms with E-state index in [0.29, 0.717) is 11.8 Å². The van der Waals surface area contributed by atoms with Crippen LogP contribution in [0.4, 0.5) is 0 Å². The number of pyridine rings is 2. The maximum Gasteiger partial charge on any atom is 0.297 e. The van der Waals surface area contributed by atoms with E-state index in [4.69, 9.17) is 4.98 Å². The fourth-order valence-corrected chi connectivity index (χ4v) is 5.14. The van der Waals surface area contributed by atoms with Crippen molar-refractivity contribution in [2.24, 2.45) is 18.9 Å². The maximum absolute atomic E-state index is 4.85. The molecule has 0 unspecified atom stereocenters. The molecule has 0 fully saturated rings. The summed E-state index contributed by atoms with van der Waals surface area (Å²) in [6.45, 7) is 11.3. The fraction of sp³-hybridized carbons (Fsp3) is 0.357. The summed E-state index contributed by atoms with van der Waals surface area (Å²) in [4.78, 5) is 4.85. The first-order valence-electron chi connectivity index (χ1n) is 11.5. The second-order valence-electron chi connectivity index (χ2n) is 9.94. The molecule has 3 heteroatoms. The Labute approximate surface area is 184 Å². The van der Waals surface area contributed by atoms with Gasteiger partial charge in [-0.2, -0.15) is 4.40 Å². The Balaban J connectivity index is 2.01. The predicted molar refractivity (Wildman–Crippen MR) is 131 cm³/mol. The zero-order valence-electron chi connectivity index (χ0n) is 19.5. The monoisotopic (exact) mass is 410 g/mol. The molecule has 0 radical (unpaired) electrons. The van der Waals surface area contributed by atoms with Gasteiger partial charge in [-0.1, -0.05) is 39.8 Å². The first-order chi connectivity index (χ1) is 14.8. The van der Waals surface area contributed by atoms with Gasteiger partial charge in [-0.05, 0) is 78.6 Å². The number of aryl methyl sites for hydroxylation is 2. The molecule has 0 saturated carbocycles. The molecule has 0 aliphatic carbocycles. The molecular formula is C28H32N3+. The number of hydrogen-bond donors (Lipinski definition) is 0. The van der Waals surface area contributed by atoms with Crippen LogP contribution in [0.1, 0.15) is 44.4 Å². The molecule has 5 aromatic rings. The molecule has 31 heavy (non-hydrogen) atoms. The lowest BCUT2D eigenvalue weighted by molar-refractivity contribution is -0.617. The summed E-state index contributed by atoms with van der Waals surface area (Å²) in [7, 11) is 2.19. The average molecular weight is 411 g/mol. The van der Waals surface area contributed by atoms with Gasteiger partial charge in [0.05, 0.1) is 18.0 Å². The molecule has 2 aromatic carbocycles. The van der Waals surface area contributed by atoms with E-state index in [1.165, 1.54) is 49.7 Å². The Hall–Kier alpha value is -2.94. The highest BCUT2D eigenvalue weighted by atomic mass is 15.1. The highest BCUT2D eigenvalue weighted by Gasteiger charge is 2.25. The fourth-order valence-electron chi connectivity index (χ4n) is 5.14. The Kier molecular flexibility index (Phi) is 4.73. The summed E-state index contributed by atoms with van der Waals surface area (Å²) < 4.78 is 4.83. The van der Waals surface area contributed by atoms with Crippen molar-refractivity contribution in [2.75, 3.05) is 0 Å². The van der Waals surface area contributed by atoms with Crippen molar-refractivity contribution in [1.82, 2.24) is 9.38 Å². The number of benzene rings is 2. The lowest BCUT2D eigenvalue weighted by Crippen LogP contribution is -2.27. The van der Waals surface area contributed by atoms with Crippen molar-refractivity contribution in [3.05, 3.63) is 65.4 Å². The zero-order valence-corrected chi connectivity index (χ0v) is 19.5. The van der Waals surface area contributed by atoms with E-state index in [-0.39, 0.29) is 0 Å². The van der Waals surface area contributed by atoms with Crippen molar-refractivity contribution < 1.29 is 4.57 Å². The summed E-state index contributed by atoms with van der Waals surface area (Å²) in [5, 5.41) is 2.47. The van der Waals surface area contributed by atoms with E-state index < -0.39 is 0 Å². The van der Waals surface area contributed by atoms with Gasteiger partial charge < -0.3 is 0 Å². The SMILES string of the molecule is Cc1ccnc2c3ccc(CC(C)C)cc3n3c4cc(CC(C)C)ccc4[n+](C)c3c12. The van der Waals surface area contributed by atoms with Crippen molar-refractivity contribution in [1.29, 1.82) is 0 Å². The van der Waals surface area contributed by atoms with Crippen LogP contribution in [0.25, 0.3) is 38.5 Å². The first kappa shape index (κ1) is 20.0. The van der Waals surface area contributed by atoms with E-state index in [2.05, 4.69) is 93.1 Å². The molecule has 3 aromatic heterocycles. The Morgan fingerprint density at radius 3 is 2.19 bits per heavy atom. The quantitative estimate of drug-likeness (QED) is 0.251. The second-order valence-corrected chi connectivity index (χ2v) is 9.94. The highest BCUT2D eigenvalue weighted by Crippen LogP contribution is 2.33. The van der Waals surface area contributed by atoms with Crippen molar-refractivity contribution in [2.45, 2.75) is 47.5 Å². The summed E-state index contributed by atoms with van der Waals surface area (Å²) in [5.41, 5.74) is 10.2. The second kappa shape index (κ2) is 7.33. The number of nitrogens with zero attached hydrogens (tertiary/aromatic N) is 3. The first-order valence-corrected chi connectivity index (χ1v) is 11.5. The van der Waals surface area contributed by atoms with Gasteiger partial charge in [-0.25, -0.2) is 4.57 Å². The van der Waals surface area contributed by atoms with Crippen LogP contribution in [0.5, 0.6) is 0 Å². The third kappa shape index (κ3) is 3.18. The van der Waals surface area contributed by atoms with Gasteiger partial charge in [0.1, 0.15) is 5.52 Å². The van der Waals surface area contributed by atoms with Gasteiger partial charge in [-0.3, -0.25) is 4.98 Å². The Morgan fingerprint density at radius 1 is 0.871 bits per heavy atom.